The van der Waals surface area contributed by atoms with Crippen LogP contribution >= 0.6 is 11.6 Å². The van der Waals surface area contributed by atoms with E-state index in [0.29, 0.717) is 17.1 Å². The predicted molar refractivity (Wildman–Crippen MR) is 120 cm³/mol. The van der Waals surface area contributed by atoms with Gasteiger partial charge < -0.3 is 10.2 Å². The standard InChI is InChI=1S/C21H21ClFN5O2S/c1-14-5-6-15(23)13-16(14)21-17(22)7-8-18(25-21)27-31(29,30)20-4-2-3-19(26-20)28-11-9-24-10-12-28/h2-8,13,24H,9-12H2,1H3,(H,25,27). The first-order valence-electron chi connectivity index (χ1n) is 9.72. The third-order valence-corrected chi connectivity index (χ3v) is 6.53. The van der Waals surface area contributed by atoms with Crippen molar-refractivity contribution in [2.45, 2.75) is 11.9 Å². The largest absolute Gasteiger partial charge is 0.354 e. The Balaban J connectivity index is 1.64. The highest BCUT2D eigenvalue weighted by Crippen LogP contribution is 2.31. The van der Waals surface area contributed by atoms with Crippen LogP contribution in [0.15, 0.2) is 53.6 Å². The summed E-state index contributed by atoms with van der Waals surface area (Å²) in [5, 5.41) is 3.43. The van der Waals surface area contributed by atoms with Gasteiger partial charge in [-0.3, -0.25) is 4.72 Å². The summed E-state index contributed by atoms with van der Waals surface area (Å²) in [6.45, 7) is 4.93. The lowest BCUT2D eigenvalue weighted by atomic mass is 10.0. The van der Waals surface area contributed by atoms with Crippen LogP contribution < -0.4 is 14.9 Å². The normalized spacial score (nSPS) is 14.5. The van der Waals surface area contributed by atoms with E-state index in [1.165, 1.54) is 30.3 Å². The van der Waals surface area contributed by atoms with Crippen LogP contribution in [-0.2, 0) is 10.0 Å². The third-order valence-electron chi connectivity index (χ3n) is 4.96. The number of sulfonamides is 1. The Morgan fingerprint density at radius 2 is 1.87 bits per heavy atom. The number of hydrogen-bond donors (Lipinski definition) is 2. The van der Waals surface area contributed by atoms with Crippen molar-refractivity contribution in [3.05, 3.63) is 64.9 Å². The van der Waals surface area contributed by atoms with Crippen LogP contribution in [0.4, 0.5) is 16.0 Å². The minimum atomic E-state index is -3.99. The molecule has 0 bridgehead atoms. The van der Waals surface area contributed by atoms with Gasteiger partial charge in [-0.25, -0.2) is 14.4 Å². The molecule has 7 nitrogen and oxygen atoms in total. The van der Waals surface area contributed by atoms with Crippen LogP contribution in [0.25, 0.3) is 11.3 Å². The van der Waals surface area contributed by atoms with Gasteiger partial charge in [-0.2, -0.15) is 8.42 Å². The molecule has 0 atom stereocenters. The summed E-state index contributed by atoms with van der Waals surface area (Å²) in [5.41, 5.74) is 1.55. The monoisotopic (exact) mass is 461 g/mol. The average molecular weight is 462 g/mol. The molecule has 0 saturated carbocycles. The lowest BCUT2D eigenvalue weighted by Gasteiger charge is -2.28. The zero-order valence-corrected chi connectivity index (χ0v) is 18.3. The molecule has 1 fully saturated rings. The molecule has 1 saturated heterocycles. The van der Waals surface area contributed by atoms with Crippen molar-refractivity contribution in [1.82, 2.24) is 15.3 Å². The van der Waals surface area contributed by atoms with Crippen molar-refractivity contribution in [2.75, 3.05) is 35.8 Å². The second kappa shape index (κ2) is 8.78. The number of benzene rings is 1. The van der Waals surface area contributed by atoms with E-state index in [9.17, 15) is 12.8 Å². The summed E-state index contributed by atoms with van der Waals surface area (Å²) in [5.74, 6) is 0.236. The predicted octanol–water partition coefficient (Wildman–Crippen LogP) is 3.45. The summed E-state index contributed by atoms with van der Waals surface area (Å²) in [6.07, 6.45) is 0. The van der Waals surface area contributed by atoms with Crippen LogP contribution in [-0.4, -0.2) is 44.6 Å². The Morgan fingerprint density at radius 3 is 2.65 bits per heavy atom. The van der Waals surface area contributed by atoms with E-state index >= 15 is 0 Å². The van der Waals surface area contributed by atoms with Crippen molar-refractivity contribution >= 4 is 33.3 Å². The van der Waals surface area contributed by atoms with E-state index in [-0.39, 0.29) is 15.9 Å². The number of piperazine rings is 1. The van der Waals surface area contributed by atoms with Gasteiger partial charge in [0.05, 0.1) is 10.7 Å². The van der Waals surface area contributed by atoms with Crippen molar-refractivity contribution < 1.29 is 12.8 Å². The minimum absolute atomic E-state index is 0.0671. The molecular formula is C21H21ClFN5O2S. The Kier molecular flexibility index (Phi) is 6.08. The first-order chi connectivity index (χ1) is 14.8. The zero-order valence-electron chi connectivity index (χ0n) is 16.8. The van der Waals surface area contributed by atoms with Crippen LogP contribution in [0.2, 0.25) is 5.02 Å². The topological polar surface area (TPSA) is 87.2 Å². The maximum atomic E-state index is 13.8. The molecule has 10 heteroatoms. The Bertz CT molecular complexity index is 1220. The second-order valence-corrected chi connectivity index (χ2v) is 9.20. The number of aryl methyl sites for hydroxylation is 1. The second-order valence-electron chi connectivity index (χ2n) is 7.16. The summed E-state index contributed by atoms with van der Waals surface area (Å²) < 4.78 is 42.1. The van der Waals surface area contributed by atoms with Crippen LogP contribution in [0.3, 0.4) is 0 Å². The molecule has 1 aromatic carbocycles. The molecule has 0 aliphatic carbocycles. The molecule has 1 aliphatic heterocycles. The van der Waals surface area contributed by atoms with Crippen LogP contribution in [0.5, 0.6) is 0 Å². The van der Waals surface area contributed by atoms with E-state index in [1.54, 1.807) is 25.1 Å². The molecule has 3 aromatic rings. The molecule has 1 aliphatic rings. The smallest absolute Gasteiger partial charge is 0.280 e. The number of pyridine rings is 2. The molecule has 2 N–H and O–H groups in total. The van der Waals surface area contributed by atoms with E-state index in [0.717, 1.165) is 31.7 Å². The van der Waals surface area contributed by atoms with Gasteiger partial charge in [0.1, 0.15) is 17.5 Å². The maximum Gasteiger partial charge on any atom is 0.280 e. The fourth-order valence-electron chi connectivity index (χ4n) is 3.35. The third kappa shape index (κ3) is 4.79. The Labute approximate surface area is 185 Å². The molecular weight excluding hydrogens is 441 g/mol. The van der Waals surface area contributed by atoms with Gasteiger partial charge in [-0.1, -0.05) is 23.7 Å². The molecule has 162 valence electrons. The van der Waals surface area contributed by atoms with Crippen molar-refractivity contribution in [3.63, 3.8) is 0 Å². The molecule has 2 aromatic heterocycles. The number of halogens is 2. The molecule has 4 rings (SSSR count). The highest BCUT2D eigenvalue weighted by Gasteiger charge is 2.20. The fourth-order valence-corrected chi connectivity index (χ4v) is 4.52. The van der Waals surface area contributed by atoms with Gasteiger partial charge in [0, 0.05) is 31.7 Å². The van der Waals surface area contributed by atoms with E-state index in [1.807, 2.05) is 4.90 Å². The molecule has 0 radical (unpaired) electrons. The van der Waals surface area contributed by atoms with Gasteiger partial charge in [0.25, 0.3) is 10.0 Å². The van der Waals surface area contributed by atoms with Gasteiger partial charge in [0.15, 0.2) is 5.03 Å². The summed E-state index contributed by atoms with van der Waals surface area (Å²) >= 11 is 6.26. The van der Waals surface area contributed by atoms with Crippen molar-refractivity contribution in [3.8, 4) is 11.3 Å². The zero-order chi connectivity index (χ0) is 22.0. The van der Waals surface area contributed by atoms with Gasteiger partial charge >= 0.3 is 0 Å². The Hall–Kier alpha value is -2.75. The highest BCUT2D eigenvalue weighted by molar-refractivity contribution is 7.92. The number of nitrogens with one attached hydrogen (secondary N) is 2. The number of aromatic nitrogens is 2. The average Bonchev–Trinajstić information content (AvgIpc) is 2.77. The first-order valence-corrected chi connectivity index (χ1v) is 11.6. The number of nitrogens with zero attached hydrogens (tertiary/aromatic N) is 3. The minimum Gasteiger partial charge on any atom is -0.354 e. The SMILES string of the molecule is Cc1ccc(F)cc1-c1nc(NS(=O)(=O)c2cccc(N3CCNCC3)n2)ccc1Cl. The van der Waals surface area contributed by atoms with E-state index < -0.39 is 15.8 Å². The quantitative estimate of drug-likeness (QED) is 0.605. The van der Waals surface area contributed by atoms with Crippen molar-refractivity contribution in [1.29, 1.82) is 0 Å². The van der Waals surface area contributed by atoms with Gasteiger partial charge in [-0.05, 0) is 48.9 Å². The first kappa shape index (κ1) is 21.5. The van der Waals surface area contributed by atoms with E-state index in [4.69, 9.17) is 11.6 Å². The van der Waals surface area contributed by atoms with Gasteiger partial charge in [0.2, 0.25) is 0 Å². The number of rotatable bonds is 5. The molecule has 0 unspecified atom stereocenters. The molecule has 31 heavy (non-hydrogen) atoms. The lowest BCUT2D eigenvalue weighted by molar-refractivity contribution is 0.580. The Morgan fingerprint density at radius 1 is 1.10 bits per heavy atom. The molecule has 0 spiro atoms. The summed E-state index contributed by atoms with van der Waals surface area (Å²) in [7, 11) is -3.99. The lowest BCUT2D eigenvalue weighted by Crippen LogP contribution is -2.44. The highest BCUT2D eigenvalue weighted by atomic mass is 35.5. The number of hydrogen-bond acceptors (Lipinski definition) is 6. The van der Waals surface area contributed by atoms with Crippen LogP contribution in [0.1, 0.15) is 5.56 Å². The number of anilines is 2. The van der Waals surface area contributed by atoms with Gasteiger partial charge in [-0.15, -0.1) is 0 Å². The van der Waals surface area contributed by atoms with Crippen LogP contribution in [0, 0.1) is 12.7 Å². The maximum absolute atomic E-state index is 13.8. The fraction of sp³-hybridized carbons (Fsp3) is 0.238. The van der Waals surface area contributed by atoms with E-state index in [2.05, 4.69) is 20.0 Å². The summed E-state index contributed by atoms with van der Waals surface area (Å²) in [4.78, 5) is 10.7. The molecule has 3 heterocycles. The summed E-state index contributed by atoms with van der Waals surface area (Å²) in [6, 6.07) is 12.1. The molecule has 0 amide bonds. The van der Waals surface area contributed by atoms with Crippen molar-refractivity contribution in [2.24, 2.45) is 0 Å².